The summed E-state index contributed by atoms with van der Waals surface area (Å²) < 4.78 is 40.1. The van der Waals surface area contributed by atoms with Gasteiger partial charge in [0.2, 0.25) is 0 Å². The van der Waals surface area contributed by atoms with Gasteiger partial charge in [0.15, 0.2) is 5.16 Å². The topological polar surface area (TPSA) is 58.7 Å². The number of para-hydroxylation sites is 1. The Morgan fingerprint density at radius 1 is 1.16 bits per heavy atom. The molecular formula is C17H10F3N3OS. The highest BCUT2D eigenvalue weighted by atomic mass is 32.2. The second kappa shape index (κ2) is 6.61. The Morgan fingerprint density at radius 2 is 1.92 bits per heavy atom. The standard InChI is InChI=1S/C17H10F3N3OS/c18-17(19,20)11-4-3-5-12(10-11)23-15(24)13-6-1-2-7-14(13)22-16(23)25-9-8-21/h1-7,10H,9H2. The third kappa shape index (κ3) is 3.37. The second-order valence-electron chi connectivity index (χ2n) is 5.05. The molecule has 0 amide bonds. The maximum atomic E-state index is 13.0. The Kier molecular flexibility index (Phi) is 4.51. The molecule has 4 nitrogen and oxygen atoms in total. The van der Waals surface area contributed by atoms with Crippen LogP contribution < -0.4 is 5.56 Å². The maximum absolute atomic E-state index is 13.0. The Labute approximate surface area is 144 Å². The van der Waals surface area contributed by atoms with Gasteiger partial charge in [-0.05, 0) is 30.3 Å². The monoisotopic (exact) mass is 361 g/mol. The molecule has 0 N–H and O–H groups in total. The molecule has 126 valence electrons. The van der Waals surface area contributed by atoms with Crippen LogP contribution in [0.2, 0.25) is 0 Å². The van der Waals surface area contributed by atoms with E-state index in [0.29, 0.717) is 10.9 Å². The van der Waals surface area contributed by atoms with Crippen LogP contribution in [0.4, 0.5) is 13.2 Å². The van der Waals surface area contributed by atoms with Crippen molar-refractivity contribution in [3.63, 3.8) is 0 Å². The first-order chi connectivity index (χ1) is 11.9. The molecule has 0 aliphatic rings. The van der Waals surface area contributed by atoms with Crippen LogP contribution >= 0.6 is 11.8 Å². The summed E-state index contributed by atoms with van der Waals surface area (Å²) in [5.74, 6) is 0.0176. The molecule has 0 saturated heterocycles. The van der Waals surface area contributed by atoms with Crippen molar-refractivity contribution in [1.29, 1.82) is 5.26 Å². The SMILES string of the molecule is N#CCSc1nc2ccccc2c(=O)n1-c1cccc(C(F)(F)F)c1. The van der Waals surface area contributed by atoms with E-state index < -0.39 is 17.3 Å². The molecular weight excluding hydrogens is 351 g/mol. The van der Waals surface area contributed by atoms with E-state index >= 15 is 0 Å². The van der Waals surface area contributed by atoms with Crippen LogP contribution in [0.3, 0.4) is 0 Å². The average molecular weight is 361 g/mol. The number of nitriles is 1. The van der Waals surface area contributed by atoms with Gasteiger partial charge in [-0.25, -0.2) is 4.98 Å². The van der Waals surface area contributed by atoms with Crippen molar-refractivity contribution in [2.45, 2.75) is 11.3 Å². The highest BCUT2D eigenvalue weighted by Crippen LogP contribution is 2.31. The third-order valence-electron chi connectivity index (χ3n) is 3.44. The van der Waals surface area contributed by atoms with Gasteiger partial charge in [-0.2, -0.15) is 18.4 Å². The Bertz CT molecular complexity index is 1040. The van der Waals surface area contributed by atoms with Crippen LogP contribution in [-0.2, 0) is 6.18 Å². The summed E-state index contributed by atoms with van der Waals surface area (Å²) in [6, 6.07) is 13.0. The molecule has 3 rings (SSSR count). The van der Waals surface area contributed by atoms with Gasteiger partial charge in [0, 0.05) is 0 Å². The van der Waals surface area contributed by atoms with Crippen LogP contribution in [-0.4, -0.2) is 15.3 Å². The van der Waals surface area contributed by atoms with Crippen LogP contribution in [0.25, 0.3) is 16.6 Å². The summed E-state index contributed by atoms with van der Waals surface area (Å²) in [7, 11) is 0. The van der Waals surface area contributed by atoms with E-state index in [1.54, 1.807) is 24.3 Å². The lowest BCUT2D eigenvalue weighted by atomic mass is 10.2. The fraction of sp³-hybridized carbons (Fsp3) is 0.118. The van der Waals surface area contributed by atoms with E-state index in [1.165, 1.54) is 12.1 Å². The molecule has 1 aromatic heterocycles. The number of halogens is 3. The molecule has 0 saturated carbocycles. The zero-order chi connectivity index (χ0) is 18.0. The number of fused-ring (bicyclic) bond motifs is 1. The smallest absolute Gasteiger partial charge is 0.268 e. The number of hydrogen-bond acceptors (Lipinski definition) is 4. The number of hydrogen-bond donors (Lipinski definition) is 0. The summed E-state index contributed by atoms with van der Waals surface area (Å²) in [5, 5.41) is 9.25. The van der Waals surface area contributed by atoms with Crippen molar-refractivity contribution in [1.82, 2.24) is 9.55 Å². The number of alkyl halides is 3. The minimum Gasteiger partial charge on any atom is -0.268 e. The summed E-state index contributed by atoms with van der Waals surface area (Å²) in [5.41, 5.74) is -0.860. The number of benzene rings is 2. The van der Waals surface area contributed by atoms with Gasteiger partial charge >= 0.3 is 6.18 Å². The first kappa shape index (κ1) is 17.0. The summed E-state index contributed by atoms with van der Waals surface area (Å²) in [6.07, 6.45) is -4.52. The van der Waals surface area contributed by atoms with Gasteiger partial charge < -0.3 is 0 Å². The van der Waals surface area contributed by atoms with E-state index in [2.05, 4.69) is 4.98 Å². The highest BCUT2D eigenvalue weighted by molar-refractivity contribution is 7.99. The first-order valence-corrected chi connectivity index (χ1v) is 8.09. The minimum atomic E-state index is -4.52. The molecule has 0 bridgehead atoms. The predicted octanol–water partition coefficient (Wildman–Crippen LogP) is 4.02. The molecule has 0 fully saturated rings. The fourth-order valence-corrected chi connectivity index (χ4v) is 3.03. The average Bonchev–Trinajstić information content (AvgIpc) is 2.59. The zero-order valence-electron chi connectivity index (χ0n) is 12.6. The van der Waals surface area contributed by atoms with Crippen molar-refractivity contribution in [2.75, 3.05) is 5.75 Å². The fourth-order valence-electron chi connectivity index (χ4n) is 2.36. The van der Waals surface area contributed by atoms with Gasteiger partial charge in [0.25, 0.3) is 5.56 Å². The van der Waals surface area contributed by atoms with E-state index in [4.69, 9.17) is 5.26 Å². The maximum Gasteiger partial charge on any atom is 0.416 e. The molecule has 0 radical (unpaired) electrons. The molecule has 3 aromatic rings. The van der Waals surface area contributed by atoms with Crippen LogP contribution in [0, 0.1) is 11.3 Å². The molecule has 0 aliphatic heterocycles. The lowest BCUT2D eigenvalue weighted by molar-refractivity contribution is -0.137. The Balaban J connectivity index is 2.29. The predicted molar refractivity (Wildman–Crippen MR) is 88.7 cm³/mol. The van der Waals surface area contributed by atoms with Crippen LogP contribution in [0.15, 0.2) is 58.5 Å². The first-order valence-electron chi connectivity index (χ1n) is 7.11. The number of thioether (sulfide) groups is 1. The largest absolute Gasteiger partial charge is 0.416 e. The molecule has 0 unspecified atom stereocenters. The zero-order valence-corrected chi connectivity index (χ0v) is 13.4. The van der Waals surface area contributed by atoms with Crippen molar-refractivity contribution >= 4 is 22.7 Å². The molecule has 8 heteroatoms. The number of rotatable bonds is 3. The third-order valence-corrected chi connectivity index (χ3v) is 4.25. The van der Waals surface area contributed by atoms with Crippen molar-refractivity contribution < 1.29 is 13.2 Å². The Hall–Kier alpha value is -2.79. The van der Waals surface area contributed by atoms with Gasteiger partial charge in [0.1, 0.15) is 0 Å². The number of aromatic nitrogens is 2. The molecule has 0 spiro atoms. The molecule has 1 heterocycles. The van der Waals surface area contributed by atoms with Crippen molar-refractivity contribution in [3.05, 3.63) is 64.4 Å². The van der Waals surface area contributed by atoms with E-state index in [9.17, 15) is 18.0 Å². The highest BCUT2D eigenvalue weighted by Gasteiger charge is 2.30. The van der Waals surface area contributed by atoms with Gasteiger partial charge in [0.05, 0.1) is 34.0 Å². The van der Waals surface area contributed by atoms with Gasteiger partial charge in [-0.15, -0.1) is 0 Å². The molecule has 25 heavy (non-hydrogen) atoms. The van der Waals surface area contributed by atoms with E-state index in [-0.39, 0.29) is 16.6 Å². The van der Waals surface area contributed by atoms with Crippen molar-refractivity contribution in [2.24, 2.45) is 0 Å². The quantitative estimate of drug-likeness (QED) is 0.522. The summed E-state index contributed by atoms with van der Waals surface area (Å²) in [4.78, 5) is 17.2. The number of nitrogens with zero attached hydrogens (tertiary/aromatic N) is 3. The van der Waals surface area contributed by atoms with E-state index in [0.717, 1.165) is 28.5 Å². The van der Waals surface area contributed by atoms with Crippen LogP contribution in [0.1, 0.15) is 5.56 Å². The Morgan fingerprint density at radius 3 is 2.64 bits per heavy atom. The van der Waals surface area contributed by atoms with E-state index in [1.807, 2.05) is 6.07 Å². The minimum absolute atomic E-state index is 0.0176. The van der Waals surface area contributed by atoms with Gasteiger partial charge in [-0.1, -0.05) is 30.0 Å². The summed E-state index contributed by atoms with van der Waals surface area (Å²) in [6.45, 7) is 0. The second-order valence-corrected chi connectivity index (χ2v) is 5.99. The lowest BCUT2D eigenvalue weighted by Crippen LogP contribution is -2.22. The van der Waals surface area contributed by atoms with Gasteiger partial charge in [-0.3, -0.25) is 9.36 Å². The lowest BCUT2D eigenvalue weighted by Gasteiger charge is -2.14. The molecule has 0 atom stereocenters. The van der Waals surface area contributed by atoms with Crippen molar-refractivity contribution in [3.8, 4) is 11.8 Å². The summed E-state index contributed by atoms with van der Waals surface area (Å²) >= 11 is 0.994. The molecule has 2 aromatic carbocycles. The normalized spacial score (nSPS) is 11.4. The van der Waals surface area contributed by atoms with Crippen LogP contribution in [0.5, 0.6) is 0 Å². The molecule has 0 aliphatic carbocycles.